The SMILES string of the molecule is COc1ccc(C2CC(=O)NC3=C2C(=O)CC(c2ccc(OC(C)C)c(OC)c2)C3)cc1Cl. The normalized spacial score (nSPS) is 20.4. The molecule has 7 heteroatoms. The maximum Gasteiger partial charge on any atom is 0.225 e. The number of rotatable bonds is 6. The summed E-state index contributed by atoms with van der Waals surface area (Å²) in [5.41, 5.74) is 3.20. The van der Waals surface area contributed by atoms with E-state index < -0.39 is 0 Å². The zero-order valence-corrected chi connectivity index (χ0v) is 20.0. The third kappa shape index (κ3) is 4.71. The molecule has 1 amide bonds. The van der Waals surface area contributed by atoms with Crippen molar-refractivity contribution in [3.05, 3.63) is 63.8 Å². The Bertz CT molecular complexity index is 1120. The van der Waals surface area contributed by atoms with Crippen LogP contribution in [-0.2, 0) is 9.59 Å². The molecule has 0 radical (unpaired) electrons. The minimum Gasteiger partial charge on any atom is -0.495 e. The van der Waals surface area contributed by atoms with Crippen molar-refractivity contribution in [2.45, 2.75) is 51.0 Å². The highest BCUT2D eigenvalue weighted by Crippen LogP contribution is 2.44. The fraction of sp³-hybridized carbons (Fsp3) is 0.385. The van der Waals surface area contributed by atoms with Gasteiger partial charge in [0.2, 0.25) is 5.91 Å². The van der Waals surface area contributed by atoms with E-state index in [1.54, 1.807) is 26.4 Å². The van der Waals surface area contributed by atoms with E-state index in [0.717, 1.165) is 11.1 Å². The Hall–Kier alpha value is -2.99. The summed E-state index contributed by atoms with van der Waals surface area (Å²) in [4.78, 5) is 25.9. The second-order valence-corrected chi connectivity index (χ2v) is 9.10. The summed E-state index contributed by atoms with van der Waals surface area (Å²) in [6.45, 7) is 3.92. The largest absolute Gasteiger partial charge is 0.495 e. The molecule has 4 rings (SSSR count). The standard InChI is InChI=1S/C26H28ClNO5/c1-14(2)33-23-8-5-15(12-24(23)32-4)17-10-20-26(21(29)11-17)18(13-25(30)28-20)16-6-7-22(31-3)19(27)9-16/h5-9,12,14,17-18H,10-11,13H2,1-4H3,(H,28,30). The molecule has 1 N–H and O–H groups in total. The van der Waals surface area contributed by atoms with Gasteiger partial charge in [0.25, 0.3) is 0 Å². The van der Waals surface area contributed by atoms with E-state index in [2.05, 4.69) is 5.32 Å². The first-order valence-corrected chi connectivity index (χ1v) is 11.4. The van der Waals surface area contributed by atoms with E-state index in [-0.39, 0.29) is 36.1 Å². The molecule has 2 atom stereocenters. The van der Waals surface area contributed by atoms with Crippen LogP contribution in [0.15, 0.2) is 47.7 Å². The maximum absolute atomic E-state index is 13.4. The van der Waals surface area contributed by atoms with Crippen LogP contribution in [0.3, 0.4) is 0 Å². The monoisotopic (exact) mass is 469 g/mol. The first-order chi connectivity index (χ1) is 15.8. The lowest BCUT2D eigenvalue weighted by molar-refractivity contribution is -0.122. The van der Waals surface area contributed by atoms with Crippen LogP contribution in [-0.4, -0.2) is 32.0 Å². The van der Waals surface area contributed by atoms with Gasteiger partial charge in [-0.15, -0.1) is 0 Å². The molecule has 0 fully saturated rings. The number of allylic oxidation sites excluding steroid dienone is 2. The van der Waals surface area contributed by atoms with Gasteiger partial charge in [-0.3, -0.25) is 9.59 Å². The second-order valence-electron chi connectivity index (χ2n) is 8.70. The van der Waals surface area contributed by atoms with Crippen LogP contribution in [0.1, 0.15) is 56.1 Å². The summed E-state index contributed by atoms with van der Waals surface area (Å²) < 4.78 is 16.6. The Balaban J connectivity index is 1.66. The van der Waals surface area contributed by atoms with Crippen LogP contribution < -0.4 is 19.5 Å². The smallest absolute Gasteiger partial charge is 0.225 e. The fourth-order valence-electron chi connectivity index (χ4n) is 4.67. The molecule has 0 aromatic heterocycles. The molecule has 33 heavy (non-hydrogen) atoms. The predicted molar refractivity (Wildman–Crippen MR) is 126 cm³/mol. The number of hydrogen-bond acceptors (Lipinski definition) is 5. The molecule has 0 saturated heterocycles. The van der Waals surface area contributed by atoms with E-state index in [9.17, 15) is 9.59 Å². The van der Waals surface area contributed by atoms with Crippen LogP contribution in [0.25, 0.3) is 0 Å². The molecular formula is C26H28ClNO5. The quantitative estimate of drug-likeness (QED) is 0.633. The van der Waals surface area contributed by atoms with Crippen LogP contribution in [0, 0.1) is 0 Å². The highest BCUT2D eigenvalue weighted by atomic mass is 35.5. The van der Waals surface area contributed by atoms with Gasteiger partial charge >= 0.3 is 0 Å². The van der Waals surface area contributed by atoms with Gasteiger partial charge in [0, 0.05) is 30.0 Å². The van der Waals surface area contributed by atoms with Gasteiger partial charge in [0.15, 0.2) is 17.3 Å². The van der Waals surface area contributed by atoms with Crippen molar-refractivity contribution in [2.24, 2.45) is 0 Å². The molecule has 0 spiro atoms. The van der Waals surface area contributed by atoms with Crippen LogP contribution in [0.2, 0.25) is 5.02 Å². The van der Waals surface area contributed by atoms with Crippen molar-refractivity contribution in [3.8, 4) is 17.2 Å². The molecule has 1 aliphatic carbocycles. The Morgan fingerprint density at radius 1 is 0.909 bits per heavy atom. The zero-order valence-electron chi connectivity index (χ0n) is 19.2. The van der Waals surface area contributed by atoms with Gasteiger partial charge < -0.3 is 19.5 Å². The molecule has 2 aromatic rings. The van der Waals surface area contributed by atoms with Crippen molar-refractivity contribution < 1.29 is 23.8 Å². The van der Waals surface area contributed by atoms with Gasteiger partial charge in [-0.05, 0) is 61.6 Å². The summed E-state index contributed by atoms with van der Waals surface area (Å²) >= 11 is 6.32. The van der Waals surface area contributed by atoms with Gasteiger partial charge in [-0.2, -0.15) is 0 Å². The van der Waals surface area contributed by atoms with Crippen molar-refractivity contribution in [1.29, 1.82) is 0 Å². The predicted octanol–water partition coefficient (Wildman–Crippen LogP) is 5.15. The summed E-state index contributed by atoms with van der Waals surface area (Å²) in [5, 5.41) is 3.42. The lowest BCUT2D eigenvalue weighted by Gasteiger charge is -2.34. The highest BCUT2D eigenvalue weighted by molar-refractivity contribution is 6.32. The molecule has 2 aliphatic rings. The second kappa shape index (κ2) is 9.48. The van der Waals surface area contributed by atoms with Crippen LogP contribution >= 0.6 is 11.6 Å². The molecule has 0 bridgehead atoms. The number of carbonyl (C=O) groups is 2. The number of benzene rings is 2. The van der Waals surface area contributed by atoms with Crippen molar-refractivity contribution in [2.75, 3.05) is 14.2 Å². The van der Waals surface area contributed by atoms with E-state index >= 15 is 0 Å². The first kappa shape index (κ1) is 23.2. The molecule has 2 unspecified atom stereocenters. The van der Waals surface area contributed by atoms with Gasteiger partial charge in [0.05, 0.1) is 25.3 Å². The summed E-state index contributed by atoms with van der Waals surface area (Å²) in [5.74, 6) is 1.42. The maximum atomic E-state index is 13.4. The summed E-state index contributed by atoms with van der Waals surface area (Å²) in [7, 11) is 3.15. The molecule has 0 saturated carbocycles. The van der Waals surface area contributed by atoms with Crippen LogP contribution in [0.5, 0.6) is 17.2 Å². The number of amides is 1. The van der Waals surface area contributed by atoms with Crippen LogP contribution in [0.4, 0.5) is 0 Å². The third-order valence-corrected chi connectivity index (χ3v) is 6.43. The number of ether oxygens (including phenoxy) is 3. The number of Topliss-reactive ketones (excluding diaryl/α,β-unsaturated/α-hetero) is 1. The Labute approximate surface area is 198 Å². The third-order valence-electron chi connectivity index (χ3n) is 6.14. The lowest BCUT2D eigenvalue weighted by Crippen LogP contribution is -2.38. The Morgan fingerprint density at radius 3 is 2.27 bits per heavy atom. The number of carbonyl (C=O) groups excluding carboxylic acids is 2. The lowest BCUT2D eigenvalue weighted by atomic mass is 9.73. The minimum absolute atomic E-state index is 0.0227. The summed E-state index contributed by atoms with van der Waals surface area (Å²) in [6.07, 6.45) is 1.17. The zero-order chi connectivity index (χ0) is 23.7. The van der Waals surface area contributed by atoms with Gasteiger partial charge in [-0.1, -0.05) is 23.7 Å². The van der Waals surface area contributed by atoms with E-state index in [0.29, 0.717) is 46.4 Å². The average Bonchev–Trinajstić information content (AvgIpc) is 2.78. The minimum atomic E-state index is -0.318. The van der Waals surface area contributed by atoms with Crippen molar-refractivity contribution >= 4 is 23.3 Å². The molecule has 174 valence electrons. The van der Waals surface area contributed by atoms with Gasteiger partial charge in [0.1, 0.15) is 5.75 Å². The Morgan fingerprint density at radius 2 is 1.61 bits per heavy atom. The number of nitrogens with one attached hydrogen (secondary N) is 1. The van der Waals surface area contributed by atoms with E-state index in [4.69, 9.17) is 25.8 Å². The van der Waals surface area contributed by atoms with Crippen molar-refractivity contribution in [3.63, 3.8) is 0 Å². The Kier molecular flexibility index (Phi) is 6.66. The topological polar surface area (TPSA) is 73.9 Å². The number of hydrogen-bond donors (Lipinski definition) is 1. The molecule has 6 nitrogen and oxygen atoms in total. The van der Waals surface area contributed by atoms with E-state index in [1.165, 1.54) is 0 Å². The number of halogens is 1. The fourth-order valence-corrected chi connectivity index (χ4v) is 4.94. The van der Waals surface area contributed by atoms with Gasteiger partial charge in [-0.25, -0.2) is 0 Å². The number of ketones is 1. The number of methoxy groups -OCH3 is 2. The average molecular weight is 470 g/mol. The van der Waals surface area contributed by atoms with E-state index in [1.807, 2.05) is 38.1 Å². The molecule has 2 aromatic carbocycles. The highest BCUT2D eigenvalue weighted by Gasteiger charge is 2.38. The first-order valence-electron chi connectivity index (χ1n) is 11.0. The molecule has 1 heterocycles. The van der Waals surface area contributed by atoms with Crippen molar-refractivity contribution in [1.82, 2.24) is 5.32 Å². The summed E-state index contributed by atoms with van der Waals surface area (Å²) in [6, 6.07) is 11.2. The molecular weight excluding hydrogens is 442 g/mol. The molecule has 1 aliphatic heterocycles.